The van der Waals surface area contributed by atoms with Crippen molar-refractivity contribution >= 4 is 5.52 Å². The van der Waals surface area contributed by atoms with E-state index in [9.17, 15) is 9.18 Å². The molecule has 7 heteroatoms. The molecule has 0 bridgehead atoms. The fraction of sp³-hybridized carbons (Fsp3) is 0.400. The maximum absolute atomic E-state index is 13.2. The van der Waals surface area contributed by atoms with E-state index in [2.05, 4.69) is 15.2 Å². The molecule has 1 N–H and O–H groups in total. The lowest BCUT2D eigenvalue weighted by Gasteiger charge is -1.98. The third-order valence-electron chi connectivity index (χ3n) is 3.73. The van der Waals surface area contributed by atoms with E-state index < -0.39 is 11.4 Å². The van der Waals surface area contributed by atoms with Gasteiger partial charge in [0.05, 0.1) is 24.3 Å². The largest absolute Gasteiger partial charge is 0.319 e. The molecular formula is C15H18FN5O. The molecule has 3 heterocycles. The van der Waals surface area contributed by atoms with E-state index in [4.69, 9.17) is 0 Å². The highest BCUT2D eigenvalue weighted by molar-refractivity contribution is 5.58. The molecule has 116 valence electrons. The van der Waals surface area contributed by atoms with E-state index in [-0.39, 0.29) is 5.52 Å². The van der Waals surface area contributed by atoms with E-state index in [0.717, 1.165) is 11.8 Å². The summed E-state index contributed by atoms with van der Waals surface area (Å²) in [6.45, 7) is 0. The topological polar surface area (TPSA) is 68.0 Å². The Kier molecular flexibility index (Phi) is 4.04. The van der Waals surface area contributed by atoms with E-state index in [1.54, 1.807) is 30.3 Å². The van der Waals surface area contributed by atoms with E-state index in [0.29, 0.717) is 5.69 Å². The summed E-state index contributed by atoms with van der Waals surface area (Å²) in [5.41, 5.74) is 0.681. The Hall–Kier alpha value is -2.44. The standard InChI is InChI=1S/C10H8FN5O.C5H10/c1-15-4-6(2-12-15)8-5-16-9(10(17)14-8)7(11)3-13-16;1-2-4-5-3-1/h2-5H,1H3,(H,14,17);1-5H2. The molecule has 0 aromatic carbocycles. The maximum atomic E-state index is 13.2. The fourth-order valence-corrected chi connectivity index (χ4v) is 2.58. The lowest BCUT2D eigenvalue weighted by Crippen LogP contribution is -2.11. The van der Waals surface area contributed by atoms with Crippen molar-refractivity contribution in [3.8, 4) is 11.3 Å². The van der Waals surface area contributed by atoms with Crippen molar-refractivity contribution in [1.29, 1.82) is 0 Å². The van der Waals surface area contributed by atoms with Crippen LogP contribution in [0.2, 0.25) is 0 Å². The van der Waals surface area contributed by atoms with Crippen molar-refractivity contribution in [3.63, 3.8) is 0 Å². The zero-order chi connectivity index (χ0) is 15.5. The normalized spacial score (nSPS) is 14.1. The monoisotopic (exact) mass is 303 g/mol. The van der Waals surface area contributed by atoms with Gasteiger partial charge in [-0.05, 0) is 0 Å². The Morgan fingerprint density at radius 1 is 1.09 bits per heavy atom. The second kappa shape index (κ2) is 6.13. The van der Waals surface area contributed by atoms with Gasteiger partial charge in [0.1, 0.15) is 0 Å². The highest BCUT2D eigenvalue weighted by atomic mass is 19.1. The lowest BCUT2D eigenvalue weighted by atomic mass is 10.3. The molecule has 1 fully saturated rings. The molecule has 0 radical (unpaired) electrons. The van der Waals surface area contributed by atoms with E-state index in [1.807, 2.05) is 0 Å². The first-order valence-corrected chi connectivity index (χ1v) is 7.40. The van der Waals surface area contributed by atoms with Crippen molar-refractivity contribution in [2.75, 3.05) is 0 Å². The molecule has 0 amide bonds. The van der Waals surface area contributed by atoms with Crippen LogP contribution >= 0.6 is 0 Å². The van der Waals surface area contributed by atoms with Gasteiger partial charge in [-0.1, -0.05) is 32.1 Å². The first-order valence-electron chi connectivity index (χ1n) is 7.40. The van der Waals surface area contributed by atoms with Gasteiger partial charge in [0.2, 0.25) is 0 Å². The molecule has 0 aliphatic heterocycles. The number of aromatic nitrogens is 5. The molecule has 0 unspecified atom stereocenters. The summed E-state index contributed by atoms with van der Waals surface area (Å²) in [5.74, 6) is -0.635. The average molecular weight is 303 g/mol. The van der Waals surface area contributed by atoms with Gasteiger partial charge < -0.3 is 4.98 Å². The van der Waals surface area contributed by atoms with Crippen molar-refractivity contribution in [1.82, 2.24) is 24.4 Å². The van der Waals surface area contributed by atoms with Gasteiger partial charge in [-0.2, -0.15) is 10.2 Å². The van der Waals surface area contributed by atoms with Gasteiger partial charge in [-0.3, -0.25) is 9.48 Å². The minimum atomic E-state index is -0.635. The van der Waals surface area contributed by atoms with Crippen LogP contribution in [0.15, 0.2) is 29.6 Å². The number of nitrogens with one attached hydrogen (secondary N) is 1. The van der Waals surface area contributed by atoms with E-state index >= 15 is 0 Å². The first-order chi connectivity index (χ1) is 10.6. The molecule has 0 atom stereocenters. The third-order valence-corrected chi connectivity index (χ3v) is 3.73. The highest BCUT2D eigenvalue weighted by Gasteiger charge is 2.10. The minimum absolute atomic E-state index is 0.0855. The maximum Gasteiger partial charge on any atom is 0.277 e. The second-order valence-electron chi connectivity index (χ2n) is 5.45. The average Bonchev–Trinajstić information content (AvgIpc) is 3.22. The Balaban J connectivity index is 0.000000246. The van der Waals surface area contributed by atoms with Crippen LogP contribution in [0.4, 0.5) is 4.39 Å². The van der Waals surface area contributed by atoms with Crippen LogP contribution in [0.5, 0.6) is 0 Å². The molecule has 1 aliphatic rings. The molecule has 6 nitrogen and oxygen atoms in total. The molecule has 1 aliphatic carbocycles. The SMILES string of the molecule is C1CCCC1.Cn1cc(-c2cn3ncc(F)c3c(=O)[nH]2)cn1. The number of fused-ring (bicyclic) bond motifs is 1. The van der Waals surface area contributed by atoms with Gasteiger partial charge in [-0.25, -0.2) is 8.91 Å². The van der Waals surface area contributed by atoms with Crippen molar-refractivity contribution in [2.45, 2.75) is 32.1 Å². The van der Waals surface area contributed by atoms with Gasteiger partial charge in [-0.15, -0.1) is 0 Å². The number of halogens is 1. The van der Waals surface area contributed by atoms with E-state index in [1.165, 1.54) is 36.6 Å². The van der Waals surface area contributed by atoms with Crippen LogP contribution in [-0.4, -0.2) is 24.4 Å². The van der Waals surface area contributed by atoms with Crippen LogP contribution in [0.1, 0.15) is 32.1 Å². The molecule has 22 heavy (non-hydrogen) atoms. The summed E-state index contributed by atoms with van der Waals surface area (Å²) < 4.78 is 16.1. The summed E-state index contributed by atoms with van der Waals surface area (Å²) >= 11 is 0. The number of hydrogen-bond acceptors (Lipinski definition) is 3. The van der Waals surface area contributed by atoms with Crippen molar-refractivity contribution in [2.24, 2.45) is 7.05 Å². The molecule has 0 saturated heterocycles. The minimum Gasteiger partial charge on any atom is -0.319 e. The quantitative estimate of drug-likeness (QED) is 0.751. The molecule has 1 saturated carbocycles. The Morgan fingerprint density at radius 2 is 1.77 bits per heavy atom. The lowest BCUT2D eigenvalue weighted by molar-refractivity contribution is 0.638. The Morgan fingerprint density at radius 3 is 2.36 bits per heavy atom. The number of aromatic amines is 1. The Bertz CT molecular complexity index is 820. The van der Waals surface area contributed by atoms with Crippen LogP contribution in [0.25, 0.3) is 16.8 Å². The van der Waals surface area contributed by atoms with Gasteiger partial charge in [0, 0.05) is 18.8 Å². The van der Waals surface area contributed by atoms with Crippen LogP contribution in [0, 0.1) is 5.82 Å². The zero-order valence-corrected chi connectivity index (χ0v) is 12.4. The Labute approximate surface area is 126 Å². The van der Waals surface area contributed by atoms with Crippen LogP contribution in [0.3, 0.4) is 0 Å². The predicted molar refractivity (Wildman–Crippen MR) is 81.1 cm³/mol. The summed E-state index contributed by atoms with van der Waals surface area (Å²) in [7, 11) is 1.77. The van der Waals surface area contributed by atoms with Crippen LogP contribution in [-0.2, 0) is 7.05 Å². The van der Waals surface area contributed by atoms with Gasteiger partial charge in [0.15, 0.2) is 11.3 Å². The predicted octanol–water partition coefficient (Wildman–Crippen LogP) is 2.51. The number of H-pyrrole nitrogens is 1. The number of hydrogen-bond donors (Lipinski definition) is 1. The second-order valence-corrected chi connectivity index (χ2v) is 5.45. The number of aryl methyl sites for hydroxylation is 1. The molecule has 3 aromatic heterocycles. The summed E-state index contributed by atoms with van der Waals surface area (Å²) in [5, 5.41) is 7.77. The van der Waals surface area contributed by atoms with Crippen LogP contribution < -0.4 is 5.56 Å². The highest BCUT2D eigenvalue weighted by Crippen LogP contribution is 2.15. The number of rotatable bonds is 1. The summed E-state index contributed by atoms with van der Waals surface area (Å²) in [6.07, 6.45) is 13.4. The molecule has 0 spiro atoms. The molecule has 4 rings (SSSR count). The summed E-state index contributed by atoms with van der Waals surface area (Å²) in [6, 6.07) is 0. The van der Waals surface area contributed by atoms with Gasteiger partial charge >= 0.3 is 0 Å². The zero-order valence-electron chi connectivity index (χ0n) is 12.4. The van der Waals surface area contributed by atoms with Crippen molar-refractivity contribution < 1.29 is 4.39 Å². The molecular weight excluding hydrogens is 285 g/mol. The number of nitrogens with zero attached hydrogens (tertiary/aromatic N) is 4. The van der Waals surface area contributed by atoms with Gasteiger partial charge in [0.25, 0.3) is 5.56 Å². The summed E-state index contributed by atoms with van der Waals surface area (Å²) in [4.78, 5) is 14.3. The molecule has 3 aromatic rings. The third kappa shape index (κ3) is 2.93. The fourth-order valence-electron chi connectivity index (χ4n) is 2.58. The smallest absolute Gasteiger partial charge is 0.277 e. The van der Waals surface area contributed by atoms with Crippen molar-refractivity contribution in [3.05, 3.63) is 41.0 Å². The first kappa shape index (κ1) is 14.5.